The zero-order valence-electron chi connectivity index (χ0n) is 12.4. The van der Waals surface area contributed by atoms with Gasteiger partial charge in [0.2, 0.25) is 0 Å². The number of aryl methyl sites for hydroxylation is 2. The Bertz CT molecular complexity index is 659. The summed E-state index contributed by atoms with van der Waals surface area (Å²) >= 11 is 0. The summed E-state index contributed by atoms with van der Waals surface area (Å²) in [6.07, 6.45) is 2.20. The lowest BCUT2D eigenvalue weighted by atomic mass is 10.0. The Morgan fingerprint density at radius 2 is 2.38 bits per heavy atom. The first kappa shape index (κ1) is 14.0. The van der Waals surface area contributed by atoms with E-state index in [1.165, 1.54) is 6.42 Å². The van der Waals surface area contributed by atoms with Gasteiger partial charge in [0, 0.05) is 12.2 Å². The Labute approximate surface area is 123 Å². The highest BCUT2D eigenvalue weighted by atomic mass is 16.5. The van der Waals surface area contributed by atoms with Crippen molar-refractivity contribution in [3.63, 3.8) is 0 Å². The highest BCUT2D eigenvalue weighted by Gasteiger charge is 2.18. The molecule has 2 aromatic rings. The maximum absolute atomic E-state index is 12.4. The van der Waals surface area contributed by atoms with E-state index in [4.69, 9.17) is 4.52 Å². The summed E-state index contributed by atoms with van der Waals surface area (Å²) in [7, 11) is 0. The SMILES string of the molecule is Cc1cc(C(=O)NCCC2CCNC2)c2c(C)noc2n1. The second kappa shape index (κ2) is 5.81. The molecule has 0 saturated carbocycles. The van der Waals surface area contributed by atoms with E-state index in [9.17, 15) is 4.79 Å². The average Bonchev–Trinajstić information content (AvgIpc) is 3.08. The zero-order valence-corrected chi connectivity index (χ0v) is 12.4. The molecule has 2 N–H and O–H groups in total. The van der Waals surface area contributed by atoms with E-state index < -0.39 is 0 Å². The smallest absolute Gasteiger partial charge is 0.258 e. The molecule has 112 valence electrons. The average molecular weight is 288 g/mol. The van der Waals surface area contributed by atoms with E-state index in [-0.39, 0.29) is 5.91 Å². The molecule has 0 aliphatic carbocycles. The fourth-order valence-electron chi connectivity index (χ4n) is 2.84. The molecule has 0 aromatic carbocycles. The third-order valence-corrected chi connectivity index (χ3v) is 3.99. The van der Waals surface area contributed by atoms with Crippen LogP contribution in [0.15, 0.2) is 10.6 Å². The molecule has 21 heavy (non-hydrogen) atoms. The number of carbonyl (C=O) groups excluding carboxylic acids is 1. The topological polar surface area (TPSA) is 80.0 Å². The van der Waals surface area contributed by atoms with Gasteiger partial charge in [-0.25, -0.2) is 4.98 Å². The van der Waals surface area contributed by atoms with E-state index in [1.807, 2.05) is 13.8 Å². The van der Waals surface area contributed by atoms with Crippen molar-refractivity contribution in [3.8, 4) is 0 Å². The van der Waals surface area contributed by atoms with Gasteiger partial charge in [-0.2, -0.15) is 0 Å². The van der Waals surface area contributed by atoms with Crippen molar-refractivity contribution in [1.29, 1.82) is 0 Å². The van der Waals surface area contributed by atoms with Crippen molar-refractivity contribution in [2.24, 2.45) is 5.92 Å². The van der Waals surface area contributed by atoms with Crippen molar-refractivity contribution in [1.82, 2.24) is 20.8 Å². The van der Waals surface area contributed by atoms with Crippen LogP contribution in [0, 0.1) is 19.8 Å². The third kappa shape index (κ3) is 2.90. The molecule has 0 bridgehead atoms. The van der Waals surface area contributed by atoms with Crippen LogP contribution in [0.1, 0.15) is 34.6 Å². The molecule has 3 heterocycles. The zero-order chi connectivity index (χ0) is 14.8. The highest BCUT2D eigenvalue weighted by Crippen LogP contribution is 2.21. The normalized spacial score (nSPS) is 18.3. The maximum atomic E-state index is 12.4. The van der Waals surface area contributed by atoms with Gasteiger partial charge < -0.3 is 15.2 Å². The largest absolute Gasteiger partial charge is 0.352 e. The standard InChI is InChI=1S/C15H20N4O2/c1-9-7-12(13-10(2)19-21-15(13)18-9)14(20)17-6-4-11-3-5-16-8-11/h7,11,16H,3-6,8H2,1-2H3,(H,17,20). The summed E-state index contributed by atoms with van der Waals surface area (Å²) < 4.78 is 5.16. The van der Waals surface area contributed by atoms with Gasteiger partial charge in [0.25, 0.3) is 11.6 Å². The van der Waals surface area contributed by atoms with Crippen LogP contribution in [0.4, 0.5) is 0 Å². The van der Waals surface area contributed by atoms with Crippen molar-refractivity contribution in [2.75, 3.05) is 19.6 Å². The summed E-state index contributed by atoms with van der Waals surface area (Å²) in [6.45, 7) is 6.50. The number of nitrogens with zero attached hydrogens (tertiary/aromatic N) is 2. The number of rotatable bonds is 4. The number of fused-ring (bicyclic) bond motifs is 1. The van der Waals surface area contributed by atoms with Crippen LogP contribution in [0.25, 0.3) is 11.1 Å². The van der Waals surface area contributed by atoms with Crippen LogP contribution in [-0.4, -0.2) is 35.7 Å². The first-order chi connectivity index (χ1) is 10.1. The molecule has 2 aromatic heterocycles. The number of hydrogen-bond donors (Lipinski definition) is 2. The fourth-order valence-corrected chi connectivity index (χ4v) is 2.84. The molecule has 3 rings (SSSR count). The molecular formula is C15H20N4O2. The predicted octanol–water partition coefficient (Wildman–Crippen LogP) is 1.57. The van der Waals surface area contributed by atoms with Crippen LogP contribution < -0.4 is 10.6 Å². The van der Waals surface area contributed by atoms with Crippen molar-refractivity contribution < 1.29 is 9.32 Å². The Balaban J connectivity index is 1.73. The van der Waals surface area contributed by atoms with Gasteiger partial charge in [-0.1, -0.05) is 5.16 Å². The molecule has 1 aliphatic rings. The second-order valence-corrected chi connectivity index (χ2v) is 5.66. The highest BCUT2D eigenvalue weighted by molar-refractivity contribution is 6.05. The maximum Gasteiger partial charge on any atom is 0.258 e. The first-order valence-electron chi connectivity index (χ1n) is 7.37. The Hall–Kier alpha value is -1.95. The first-order valence-corrected chi connectivity index (χ1v) is 7.37. The van der Waals surface area contributed by atoms with Gasteiger partial charge in [-0.3, -0.25) is 4.79 Å². The Kier molecular flexibility index (Phi) is 3.88. The quantitative estimate of drug-likeness (QED) is 0.892. The van der Waals surface area contributed by atoms with Gasteiger partial charge in [0.1, 0.15) is 0 Å². The molecular weight excluding hydrogens is 268 g/mol. The van der Waals surface area contributed by atoms with Crippen LogP contribution >= 0.6 is 0 Å². The van der Waals surface area contributed by atoms with Crippen LogP contribution in [0.3, 0.4) is 0 Å². The summed E-state index contributed by atoms with van der Waals surface area (Å²) in [5.41, 5.74) is 2.48. The molecule has 1 atom stereocenters. The van der Waals surface area contributed by atoms with Gasteiger partial charge in [0.05, 0.1) is 16.6 Å². The van der Waals surface area contributed by atoms with Crippen LogP contribution in [0.5, 0.6) is 0 Å². The number of amides is 1. The summed E-state index contributed by atoms with van der Waals surface area (Å²) in [6, 6.07) is 1.79. The van der Waals surface area contributed by atoms with Gasteiger partial charge in [-0.05, 0) is 51.8 Å². The molecule has 1 fully saturated rings. The van der Waals surface area contributed by atoms with Crippen molar-refractivity contribution >= 4 is 17.0 Å². The van der Waals surface area contributed by atoms with E-state index in [0.717, 1.165) is 25.2 Å². The lowest BCUT2D eigenvalue weighted by Gasteiger charge is -2.10. The van der Waals surface area contributed by atoms with Gasteiger partial charge in [0.15, 0.2) is 0 Å². The molecule has 6 heteroatoms. The molecule has 1 unspecified atom stereocenters. The number of hydrogen-bond acceptors (Lipinski definition) is 5. The minimum absolute atomic E-state index is 0.0808. The predicted molar refractivity (Wildman–Crippen MR) is 79.2 cm³/mol. The van der Waals surface area contributed by atoms with E-state index in [1.54, 1.807) is 6.07 Å². The molecule has 1 aliphatic heterocycles. The summed E-state index contributed by atoms with van der Waals surface area (Å²) in [4.78, 5) is 16.7. The minimum Gasteiger partial charge on any atom is -0.352 e. The third-order valence-electron chi connectivity index (χ3n) is 3.99. The molecule has 1 saturated heterocycles. The van der Waals surface area contributed by atoms with Crippen molar-refractivity contribution in [3.05, 3.63) is 23.0 Å². The van der Waals surface area contributed by atoms with E-state index in [0.29, 0.717) is 34.8 Å². The van der Waals surface area contributed by atoms with Crippen LogP contribution in [-0.2, 0) is 0 Å². The van der Waals surface area contributed by atoms with E-state index >= 15 is 0 Å². The second-order valence-electron chi connectivity index (χ2n) is 5.66. The summed E-state index contributed by atoms with van der Waals surface area (Å²) in [5.74, 6) is 0.588. The van der Waals surface area contributed by atoms with Crippen molar-refractivity contribution in [2.45, 2.75) is 26.7 Å². The number of nitrogens with one attached hydrogen (secondary N) is 2. The number of pyridine rings is 1. The van der Waals surface area contributed by atoms with Gasteiger partial charge in [-0.15, -0.1) is 0 Å². The monoisotopic (exact) mass is 288 g/mol. The fraction of sp³-hybridized carbons (Fsp3) is 0.533. The van der Waals surface area contributed by atoms with E-state index in [2.05, 4.69) is 20.8 Å². The van der Waals surface area contributed by atoms with Gasteiger partial charge >= 0.3 is 0 Å². The minimum atomic E-state index is -0.0808. The number of carbonyl (C=O) groups is 1. The lowest BCUT2D eigenvalue weighted by Crippen LogP contribution is -2.26. The molecule has 1 amide bonds. The molecule has 0 radical (unpaired) electrons. The lowest BCUT2D eigenvalue weighted by molar-refractivity contribution is 0.0953. The molecule has 0 spiro atoms. The van der Waals surface area contributed by atoms with Crippen LogP contribution in [0.2, 0.25) is 0 Å². The number of aromatic nitrogens is 2. The Morgan fingerprint density at radius 1 is 1.52 bits per heavy atom. The summed E-state index contributed by atoms with van der Waals surface area (Å²) in [5, 5.41) is 10.9. The Morgan fingerprint density at radius 3 is 3.14 bits per heavy atom. The molecule has 6 nitrogen and oxygen atoms in total.